The molecule has 0 aromatic heterocycles. The van der Waals surface area contributed by atoms with Crippen molar-refractivity contribution in [2.75, 3.05) is 44.7 Å². The number of carbonyl (C=O) groups excluding carboxylic acids is 3. The maximum atomic E-state index is 12.3. The summed E-state index contributed by atoms with van der Waals surface area (Å²) in [5.41, 5.74) is -0.0528. The van der Waals surface area contributed by atoms with Crippen molar-refractivity contribution in [3.05, 3.63) is 12.7 Å². The highest BCUT2D eigenvalue weighted by Crippen LogP contribution is 2.31. The quantitative estimate of drug-likeness (QED) is 0.448. The number of piperazine rings is 1. The maximum absolute atomic E-state index is 12.3. The molecular weight excluding hydrogens is 402 g/mol. The minimum Gasteiger partial charge on any atom is -0.449 e. The molecule has 1 aliphatic rings. The van der Waals surface area contributed by atoms with E-state index in [1.807, 2.05) is 6.08 Å². The van der Waals surface area contributed by atoms with Gasteiger partial charge in [-0.2, -0.15) is 0 Å². The number of ether oxygens (including phenoxy) is 1. The average molecular weight is 432 g/mol. The van der Waals surface area contributed by atoms with Crippen LogP contribution in [0.2, 0.25) is 0 Å². The predicted octanol–water partition coefficient (Wildman–Crippen LogP) is 2.16. The molecule has 1 fully saturated rings. The molecule has 1 heterocycles. The van der Waals surface area contributed by atoms with Crippen LogP contribution in [0, 0.1) is 5.41 Å². The van der Waals surface area contributed by atoms with Crippen LogP contribution < -0.4 is 5.32 Å². The molecule has 1 saturated heterocycles. The van der Waals surface area contributed by atoms with E-state index >= 15 is 0 Å². The second-order valence-electron chi connectivity index (χ2n) is 6.53. The fourth-order valence-electron chi connectivity index (χ4n) is 2.89. The standard InChI is InChI=1S/C18H30BrN3O4/c1-4-7-18(5-2,6-3)14-26-17(25)22-10-8-21(9-11-22)16(24)13-20-15(23)12-19/h4H,1,5-14H2,2-3H3,(H,20,23). The van der Waals surface area contributed by atoms with Crippen molar-refractivity contribution in [2.24, 2.45) is 5.41 Å². The summed E-state index contributed by atoms with van der Waals surface area (Å²) in [6, 6.07) is 0. The lowest BCUT2D eigenvalue weighted by Crippen LogP contribution is -2.53. The fourth-order valence-corrected chi connectivity index (χ4v) is 3.08. The molecule has 1 N–H and O–H groups in total. The van der Waals surface area contributed by atoms with E-state index in [0.29, 0.717) is 32.8 Å². The third-order valence-corrected chi connectivity index (χ3v) is 5.54. The third-order valence-electron chi connectivity index (χ3n) is 5.03. The molecule has 3 amide bonds. The lowest BCUT2D eigenvalue weighted by molar-refractivity contribution is -0.133. The second kappa shape index (κ2) is 11.2. The summed E-state index contributed by atoms with van der Waals surface area (Å²) in [5, 5.41) is 2.70. The Balaban J connectivity index is 2.42. The van der Waals surface area contributed by atoms with E-state index in [0.717, 1.165) is 19.3 Å². The van der Waals surface area contributed by atoms with Crippen LogP contribution in [0.25, 0.3) is 0 Å². The molecule has 0 aromatic rings. The van der Waals surface area contributed by atoms with Gasteiger partial charge < -0.3 is 19.9 Å². The van der Waals surface area contributed by atoms with E-state index in [1.54, 1.807) is 9.80 Å². The van der Waals surface area contributed by atoms with Crippen LogP contribution in [-0.2, 0) is 14.3 Å². The highest BCUT2D eigenvalue weighted by molar-refractivity contribution is 9.09. The molecule has 1 rings (SSSR count). The van der Waals surface area contributed by atoms with Crippen LogP contribution in [-0.4, -0.2) is 72.4 Å². The van der Waals surface area contributed by atoms with E-state index in [4.69, 9.17) is 4.74 Å². The Labute approximate surface area is 164 Å². The third kappa shape index (κ3) is 6.63. The number of hydrogen-bond donors (Lipinski definition) is 1. The first kappa shape index (κ1) is 22.5. The van der Waals surface area contributed by atoms with Gasteiger partial charge in [0.2, 0.25) is 11.8 Å². The summed E-state index contributed by atoms with van der Waals surface area (Å²) in [5.74, 6) is -0.371. The summed E-state index contributed by atoms with van der Waals surface area (Å²) >= 11 is 3.03. The zero-order valence-electron chi connectivity index (χ0n) is 15.8. The Morgan fingerprint density at radius 1 is 1.15 bits per heavy atom. The Bertz CT molecular complexity index is 501. The van der Waals surface area contributed by atoms with Crippen molar-refractivity contribution < 1.29 is 19.1 Å². The second-order valence-corrected chi connectivity index (χ2v) is 7.09. The molecule has 0 radical (unpaired) electrons. The number of hydrogen-bond acceptors (Lipinski definition) is 4. The Kier molecular flexibility index (Phi) is 9.69. The van der Waals surface area contributed by atoms with Crippen molar-refractivity contribution in [2.45, 2.75) is 33.1 Å². The number of carbonyl (C=O) groups is 3. The maximum Gasteiger partial charge on any atom is 0.409 e. The van der Waals surface area contributed by atoms with Gasteiger partial charge in [-0.25, -0.2) is 4.79 Å². The van der Waals surface area contributed by atoms with Crippen LogP contribution in [0.5, 0.6) is 0 Å². The molecule has 0 atom stereocenters. The molecule has 0 unspecified atom stereocenters. The number of rotatable bonds is 9. The summed E-state index contributed by atoms with van der Waals surface area (Å²) in [6.45, 7) is 10.1. The van der Waals surface area contributed by atoms with E-state index < -0.39 is 0 Å². The topological polar surface area (TPSA) is 79.0 Å². The van der Waals surface area contributed by atoms with Gasteiger partial charge in [0, 0.05) is 31.6 Å². The van der Waals surface area contributed by atoms with Crippen LogP contribution >= 0.6 is 15.9 Å². The molecule has 0 aliphatic carbocycles. The number of halogens is 1. The zero-order valence-corrected chi connectivity index (χ0v) is 17.3. The first-order valence-electron chi connectivity index (χ1n) is 9.04. The first-order chi connectivity index (χ1) is 12.4. The largest absolute Gasteiger partial charge is 0.449 e. The minimum absolute atomic E-state index is 0.0219. The molecule has 1 aliphatic heterocycles. The van der Waals surface area contributed by atoms with Crippen LogP contribution in [0.4, 0.5) is 4.79 Å². The van der Waals surface area contributed by atoms with Crippen LogP contribution in [0.1, 0.15) is 33.1 Å². The number of amides is 3. The van der Waals surface area contributed by atoms with Crippen molar-refractivity contribution in [3.63, 3.8) is 0 Å². The van der Waals surface area contributed by atoms with Gasteiger partial charge in [-0.3, -0.25) is 9.59 Å². The van der Waals surface area contributed by atoms with Crippen molar-refractivity contribution in [1.29, 1.82) is 0 Å². The SMILES string of the molecule is C=CCC(CC)(CC)COC(=O)N1CCN(C(=O)CNC(=O)CBr)CC1. The summed E-state index contributed by atoms with van der Waals surface area (Å²) in [4.78, 5) is 38.8. The van der Waals surface area contributed by atoms with Gasteiger partial charge in [0.15, 0.2) is 0 Å². The number of nitrogens with one attached hydrogen (secondary N) is 1. The van der Waals surface area contributed by atoms with E-state index in [1.165, 1.54) is 0 Å². The predicted molar refractivity (Wildman–Crippen MR) is 104 cm³/mol. The van der Waals surface area contributed by atoms with Crippen molar-refractivity contribution in [1.82, 2.24) is 15.1 Å². The molecule has 0 bridgehead atoms. The van der Waals surface area contributed by atoms with Crippen LogP contribution in [0.3, 0.4) is 0 Å². The number of nitrogens with zero attached hydrogens (tertiary/aromatic N) is 2. The van der Waals surface area contributed by atoms with Crippen molar-refractivity contribution in [3.8, 4) is 0 Å². The minimum atomic E-state index is -0.333. The van der Waals surface area contributed by atoms with Gasteiger partial charge in [0.1, 0.15) is 0 Å². The summed E-state index contributed by atoms with van der Waals surface area (Å²) < 4.78 is 5.54. The molecule has 0 aromatic carbocycles. The van der Waals surface area contributed by atoms with Crippen molar-refractivity contribution >= 4 is 33.8 Å². The van der Waals surface area contributed by atoms with Gasteiger partial charge in [0.25, 0.3) is 0 Å². The average Bonchev–Trinajstić information content (AvgIpc) is 2.68. The summed E-state index contributed by atoms with van der Waals surface area (Å²) in [6.07, 6.45) is 4.20. The lowest BCUT2D eigenvalue weighted by Gasteiger charge is -2.35. The molecule has 26 heavy (non-hydrogen) atoms. The van der Waals surface area contributed by atoms with E-state index in [-0.39, 0.29) is 35.2 Å². The molecule has 8 heteroatoms. The number of alkyl halides is 1. The van der Waals surface area contributed by atoms with Gasteiger partial charge in [-0.1, -0.05) is 35.9 Å². The monoisotopic (exact) mass is 431 g/mol. The van der Waals surface area contributed by atoms with E-state index in [9.17, 15) is 14.4 Å². The molecule has 148 valence electrons. The van der Waals surface area contributed by atoms with Crippen LogP contribution in [0.15, 0.2) is 12.7 Å². The zero-order chi connectivity index (χ0) is 19.6. The molecule has 7 nitrogen and oxygen atoms in total. The van der Waals surface area contributed by atoms with Gasteiger partial charge in [-0.05, 0) is 19.3 Å². The smallest absolute Gasteiger partial charge is 0.409 e. The first-order valence-corrected chi connectivity index (χ1v) is 10.2. The fraction of sp³-hybridized carbons (Fsp3) is 0.722. The molecule has 0 saturated carbocycles. The Morgan fingerprint density at radius 2 is 1.73 bits per heavy atom. The Hall–Kier alpha value is -1.57. The summed E-state index contributed by atoms with van der Waals surface area (Å²) in [7, 11) is 0. The van der Waals surface area contributed by atoms with Gasteiger partial charge >= 0.3 is 6.09 Å². The number of allylic oxidation sites excluding steroid dienone is 1. The normalized spacial score (nSPS) is 14.7. The molecular formula is C18H30BrN3O4. The Morgan fingerprint density at radius 3 is 2.23 bits per heavy atom. The van der Waals surface area contributed by atoms with Gasteiger partial charge in [0.05, 0.1) is 18.5 Å². The lowest BCUT2D eigenvalue weighted by atomic mass is 9.80. The highest BCUT2D eigenvalue weighted by atomic mass is 79.9. The van der Waals surface area contributed by atoms with E-state index in [2.05, 4.69) is 41.7 Å². The highest BCUT2D eigenvalue weighted by Gasteiger charge is 2.29. The molecule has 0 spiro atoms. The van der Waals surface area contributed by atoms with Gasteiger partial charge in [-0.15, -0.1) is 6.58 Å².